The van der Waals surface area contributed by atoms with Crippen molar-refractivity contribution in [3.05, 3.63) is 24.3 Å². The topological polar surface area (TPSA) is 63.6 Å². The van der Waals surface area contributed by atoms with Gasteiger partial charge in [0.25, 0.3) is 0 Å². The predicted molar refractivity (Wildman–Crippen MR) is 195 cm³/mol. The number of carboxylic acids is 1. The number of ether oxygens (including phenoxy) is 1. The van der Waals surface area contributed by atoms with Crippen LogP contribution in [0.25, 0.3) is 0 Å². The lowest BCUT2D eigenvalue weighted by molar-refractivity contribution is -0.150. The van der Waals surface area contributed by atoms with E-state index in [-0.39, 0.29) is 18.5 Å². The Morgan fingerprint density at radius 1 is 0.489 bits per heavy atom. The third-order valence-electron chi connectivity index (χ3n) is 8.91. The number of esters is 1. The van der Waals surface area contributed by atoms with Crippen LogP contribution in [0.5, 0.6) is 0 Å². The van der Waals surface area contributed by atoms with E-state index in [4.69, 9.17) is 9.84 Å². The second kappa shape index (κ2) is 36.9. The second-order valence-electron chi connectivity index (χ2n) is 13.5. The first-order valence-electron chi connectivity index (χ1n) is 19.8. The summed E-state index contributed by atoms with van der Waals surface area (Å²) >= 11 is 0. The lowest BCUT2D eigenvalue weighted by Crippen LogP contribution is -2.18. The van der Waals surface area contributed by atoms with Crippen LogP contribution in [0.1, 0.15) is 219 Å². The van der Waals surface area contributed by atoms with Gasteiger partial charge in [-0.05, 0) is 64.2 Å². The van der Waals surface area contributed by atoms with Crippen molar-refractivity contribution < 1.29 is 19.4 Å². The van der Waals surface area contributed by atoms with E-state index >= 15 is 0 Å². The van der Waals surface area contributed by atoms with Crippen LogP contribution in [0.15, 0.2) is 24.3 Å². The number of carbonyl (C=O) groups excluding carboxylic acids is 1. The first-order chi connectivity index (χ1) is 22.1. The van der Waals surface area contributed by atoms with Crippen LogP contribution in [0, 0.1) is 0 Å². The summed E-state index contributed by atoms with van der Waals surface area (Å²) in [5, 5.41) is 8.82. The fourth-order valence-electron chi connectivity index (χ4n) is 5.99. The van der Waals surface area contributed by atoms with Crippen molar-refractivity contribution in [1.82, 2.24) is 0 Å². The molecule has 0 aliphatic rings. The molecule has 4 heteroatoms. The van der Waals surface area contributed by atoms with Crippen LogP contribution < -0.4 is 0 Å². The molecule has 0 rings (SSSR count). The quantitative estimate of drug-likeness (QED) is 0.0424. The third-order valence-corrected chi connectivity index (χ3v) is 8.91. The van der Waals surface area contributed by atoms with Gasteiger partial charge in [-0.3, -0.25) is 9.59 Å². The summed E-state index contributed by atoms with van der Waals surface area (Å²) in [5.41, 5.74) is 0. The van der Waals surface area contributed by atoms with Gasteiger partial charge >= 0.3 is 11.9 Å². The summed E-state index contributed by atoms with van der Waals surface area (Å²) in [4.78, 5) is 23.4. The number of carbonyl (C=O) groups is 2. The summed E-state index contributed by atoms with van der Waals surface area (Å²) in [6.45, 7) is 4.49. The molecule has 0 aromatic rings. The Morgan fingerprint density at radius 3 is 1.40 bits per heavy atom. The van der Waals surface area contributed by atoms with Gasteiger partial charge < -0.3 is 9.84 Å². The van der Waals surface area contributed by atoms with Gasteiger partial charge in [0.2, 0.25) is 0 Å². The first-order valence-corrected chi connectivity index (χ1v) is 19.8. The standard InChI is InChI=1S/C41H76O4/c1-3-5-7-9-11-13-15-17-19-20-22-24-27-31-35-39(36-32-28-26-29-33-37-40(42)43)45-41(44)38-34-30-25-23-21-18-16-14-12-10-8-6-4-2/h8,10,14,16,39H,3-7,9,11-13,15,17-38H2,1-2H3,(H,42,43)/b10-8-,16-14-. The van der Waals surface area contributed by atoms with Crippen molar-refractivity contribution in [3.8, 4) is 0 Å². The SMILES string of the molecule is CCC/C=C\C/C=C\CCCCCCCC(=O)OC(CCCCCCCCCCCCCCCC)CCCCCCCC(=O)O. The van der Waals surface area contributed by atoms with E-state index in [9.17, 15) is 9.59 Å². The molecule has 45 heavy (non-hydrogen) atoms. The average molecular weight is 633 g/mol. The molecule has 0 aliphatic carbocycles. The maximum absolute atomic E-state index is 12.6. The highest BCUT2D eigenvalue weighted by Crippen LogP contribution is 2.19. The molecule has 0 saturated carbocycles. The highest BCUT2D eigenvalue weighted by atomic mass is 16.5. The third kappa shape index (κ3) is 36.8. The largest absolute Gasteiger partial charge is 0.481 e. The average Bonchev–Trinajstić information content (AvgIpc) is 3.02. The zero-order valence-electron chi connectivity index (χ0n) is 30.2. The van der Waals surface area contributed by atoms with Gasteiger partial charge in [-0.1, -0.05) is 167 Å². The van der Waals surface area contributed by atoms with Crippen LogP contribution in [0.3, 0.4) is 0 Å². The van der Waals surface area contributed by atoms with Crippen LogP contribution in [-0.2, 0) is 14.3 Å². The molecular weight excluding hydrogens is 556 g/mol. The summed E-state index contributed by atoms with van der Waals surface area (Å²) in [5.74, 6) is -0.709. The van der Waals surface area contributed by atoms with Gasteiger partial charge in [0.1, 0.15) is 6.10 Å². The van der Waals surface area contributed by atoms with Crippen molar-refractivity contribution >= 4 is 11.9 Å². The Balaban J connectivity index is 4.05. The molecular formula is C41H76O4. The minimum Gasteiger partial charge on any atom is -0.481 e. The zero-order valence-corrected chi connectivity index (χ0v) is 30.2. The minimum atomic E-state index is -0.700. The molecule has 0 aromatic carbocycles. The van der Waals surface area contributed by atoms with E-state index in [2.05, 4.69) is 38.2 Å². The molecule has 0 saturated heterocycles. The van der Waals surface area contributed by atoms with Gasteiger partial charge in [-0.15, -0.1) is 0 Å². The molecule has 4 nitrogen and oxygen atoms in total. The highest BCUT2D eigenvalue weighted by Gasteiger charge is 2.14. The molecule has 1 N–H and O–H groups in total. The Labute approximate surface area is 280 Å². The van der Waals surface area contributed by atoms with E-state index in [0.717, 1.165) is 77.0 Å². The number of hydrogen-bond donors (Lipinski definition) is 1. The summed E-state index contributed by atoms with van der Waals surface area (Å²) < 4.78 is 6.00. The Hall–Kier alpha value is -1.58. The monoisotopic (exact) mass is 633 g/mol. The molecule has 0 aromatic heterocycles. The molecule has 0 heterocycles. The predicted octanol–water partition coefficient (Wildman–Crippen LogP) is 13.6. The summed E-state index contributed by atoms with van der Waals surface area (Å²) in [6.07, 6.45) is 46.2. The number of carboxylic acid groups (broad SMARTS) is 1. The second-order valence-corrected chi connectivity index (χ2v) is 13.5. The Kier molecular flexibility index (Phi) is 35.6. The van der Waals surface area contributed by atoms with Crippen LogP contribution in [0.4, 0.5) is 0 Å². The fraction of sp³-hybridized carbons (Fsp3) is 0.854. The van der Waals surface area contributed by atoms with Crippen molar-refractivity contribution in [1.29, 1.82) is 0 Å². The van der Waals surface area contributed by atoms with Crippen LogP contribution in [-0.4, -0.2) is 23.1 Å². The molecule has 0 spiro atoms. The molecule has 0 amide bonds. The molecule has 0 aliphatic heterocycles. The molecule has 0 radical (unpaired) electrons. The number of unbranched alkanes of at least 4 members (excludes halogenated alkanes) is 23. The van der Waals surface area contributed by atoms with E-state index < -0.39 is 5.97 Å². The van der Waals surface area contributed by atoms with Gasteiger partial charge in [0.05, 0.1) is 0 Å². The molecule has 0 bridgehead atoms. The smallest absolute Gasteiger partial charge is 0.306 e. The maximum Gasteiger partial charge on any atom is 0.306 e. The lowest BCUT2D eigenvalue weighted by atomic mass is 10.0. The number of rotatable bonds is 36. The first kappa shape index (κ1) is 43.4. The van der Waals surface area contributed by atoms with Gasteiger partial charge in [0.15, 0.2) is 0 Å². The van der Waals surface area contributed by atoms with Gasteiger partial charge in [-0.2, -0.15) is 0 Å². The van der Waals surface area contributed by atoms with E-state index in [0.29, 0.717) is 6.42 Å². The van der Waals surface area contributed by atoms with Crippen LogP contribution >= 0.6 is 0 Å². The lowest BCUT2D eigenvalue weighted by Gasteiger charge is -2.18. The Bertz CT molecular complexity index is 683. The van der Waals surface area contributed by atoms with Gasteiger partial charge in [-0.25, -0.2) is 0 Å². The number of allylic oxidation sites excluding steroid dienone is 4. The number of hydrogen-bond acceptors (Lipinski definition) is 3. The van der Waals surface area contributed by atoms with Gasteiger partial charge in [0, 0.05) is 12.8 Å². The van der Waals surface area contributed by atoms with Crippen molar-refractivity contribution in [2.75, 3.05) is 0 Å². The summed E-state index contributed by atoms with van der Waals surface area (Å²) in [6, 6.07) is 0. The maximum atomic E-state index is 12.6. The van der Waals surface area contributed by atoms with E-state index in [1.165, 1.54) is 116 Å². The van der Waals surface area contributed by atoms with E-state index in [1.807, 2.05) is 0 Å². The number of aliphatic carboxylic acids is 1. The van der Waals surface area contributed by atoms with Crippen LogP contribution in [0.2, 0.25) is 0 Å². The highest BCUT2D eigenvalue weighted by molar-refractivity contribution is 5.69. The molecule has 264 valence electrons. The van der Waals surface area contributed by atoms with Crippen molar-refractivity contribution in [2.24, 2.45) is 0 Å². The van der Waals surface area contributed by atoms with Crippen molar-refractivity contribution in [2.45, 2.75) is 225 Å². The van der Waals surface area contributed by atoms with Crippen molar-refractivity contribution in [3.63, 3.8) is 0 Å². The fourth-order valence-corrected chi connectivity index (χ4v) is 5.99. The zero-order chi connectivity index (χ0) is 32.9. The molecule has 1 atom stereocenters. The molecule has 1 unspecified atom stereocenters. The Morgan fingerprint density at radius 2 is 0.911 bits per heavy atom. The minimum absolute atomic E-state index is 0.00844. The molecule has 0 fully saturated rings. The summed E-state index contributed by atoms with van der Waals surface area (Å²) in [7, 11) is 0. The van der Waals surface area contributed by atoms with E-state index in [1.54, 1.807) is 0 Å². The normalized spacial score (nSPS) is 12.4.